The van der Waals surface area contributed by atoms with Crippen molar-refractivity contribution in [2.24, 2.45) is 0 Å². The van der Waals surface area contributed by atoms with Crippen LogP contribution < -0.4 is 0 Å². The van der Waals surface area contributed by atoms with Gasteiger partial charge in [0.25, 0.3) is 0 Å². The maximum absolute atomic E-state index is 13.1. The standard InChI is InChI=1S/C21H16N2O2/c1-2-13(12-24)14-7-8-17-16-5-3-4-6-18(16)20(15(10-22)11-23)21(25)19(17)9-14/h3-9,13,24H,2,12H2,1H3. The molecule has 122 valence electrons. The molecule has 0 fully saturated rings. The second-order valence-corrected chi connectivity index (χ2v) is 5.94. The Morgan fingerprint density at radius 3 is 2.28 bits per heavy atom. The second kappa shape index (κ2) is 6.73. The third-order valence-electron chi connectivity index (χ3n) is 4.66. The molecular formula is C21H16N2O2. The Hall–Kier alpha value is -3.21. The van der Waals surface area contributed by atoms with Crippen LogP contribution in [0.15, 0.2) is 48.0 Å². The van der Waals surface area contributed by atoms with Gasteiger partial charge in [-0.25, -0.2) is 0 Å². The molecule has 1 atom stereocenters. The number of aliphatic hydroxyl groups excluding tert-OH is 1. The van der Waals surface area contributed by atoms with Crippen molar-refractivity contribution in [1.29, 1.82) is 10.5 Å². The van der Waals surface area contributed by atoms with Crippen molar-refractivity contribution < 1.29 is 9.90 Å². The van der Waals surface area contributed by atoms with Crippen LogP contribution in [0, 0.1) is 22.7 Å². The van der Waals surface area contributed by atoms with Gasteiger partial charge in [0.05, 0.1) is 5.57 Å². The summed E-state index contributed by atoms with van der Waals surface area (Å²) in [6.07, 6.45) is 0.754. The fourth-order valence-corrected chi connectivity index (χ4v) is 3.29. The fourth-order valence-electron chi connectivity index (χ4n) is 3.29. The number of carbonyl (C=O) groups is 1. The highest BCUT2D eigenvalue weighted by molar-refractivity contribution is 6.35. The quantitative estimate of drug-likeness (QED) is 0.685. The predicted molar refractivity (Wildman–Crippen MR) is 94.5 cm³/mol. The average Bonchev–Trinajstić information content (AvgIpc) is 2.66. The molecule has 1 N–H and O–H groups in total. The molecule has 0 aliphatic heterocycles. The lowest BCUT2D eigenvalue weighted by Crippen LogP contribution is -2.14. The number of aliphatic hydroxyl groups is 1. The third-order valence-corrected chi connectivity index (χ3v) is 4.66. The molecular weight excluding hydrogens is 312 g/mol. The van der Waals surface area contributed by atoms with Crippen LogP contribution in [0.5, 0.6) is 0 Å². The van der Waals surface area contributed by atoms with E-state index in [1.807, 2.05) is 43.3 Å². The number of allylic oxidation sites excluding steroid dienone is 2. The zero-order valence-corrected chi connectivity index (χ0v) is 13.8. The minimum absolute atomic E-state index is 0.00437. The Balaban J connectivity index is 2.32. The Kier molecular flexibility index (Phi) is 4.48. The first kappa shape index (κ1) is 16.6. The van der Waals surface area contributed by atoms with Crippen LogP contribution in [-0.2, 0) is 0 Å². The summed E-state index contributed by atoms with van der Waals surface area (Å²) in [4.78, 5) is 13.1. The van der Waals surface area contributed by atoms with Crippen LogP contribution in [0.1, 0.15) is 40.7 Å². The molecule has 1 unspecified atom stereocenters. The summed E-state index contributed by atoms with van der Waals surface area (Å²) >= 11 is 0. The number of fused-ring (bicyclic) bond motifs is 3. The van der Waals surface area contributed by atoms with Crippen molar-refractivity contribution in [3.8, 4) is 23.3 Å². The zero-order valence-electron chi connectivity index (χ0n) is 13.8. The van der Waals surface area contributed by atoms with Gasteiger partial charge >= 0.3 is 0 Å². The summed E-state index contributed by atoms with van der Waals surface area (Å²) < 4.78 is 0. The summed E-state index contributed by atoms with van der Waals surface area (Å²) in [7, 11) is 0. The maximum Gasteiger partial charge on any atom is 0.196 e. The molecule has 0 bridgehead atoms. The highest BCUT2D eigenvalue weighted by Crippen LogP contribution is 2.41. The first-order valence-corrected chi connectivity index (χ1v) is 8.10. The molecule has 1 aliphatic carbocycles. The topological polar surface area (TPSA) is 84.9 Å². The maximum atomic E-state index is 13.1. The lowest BCUT2D eigenvalue weighted by molar-refractivity contribution is 0.105. The highest BCUT2D eigenvalue weighted by Gasteiger charge is 2.30. The Morgan fingerprint density at radius 2 is 1.68 bits per heavy atom. The summed E-state index contributed by atoms with van der Waals surface area (Å²) in [6, 6.07) is 16.6. The van der Waals surface area contributed by atoms with E-state index in [9.17, 15) is 20.4 Å². The van der Waals surface area contributed by atoms with Gasteiger partial charge in [-0.05, 0) is 34.7 Å². The van der Waals surface area contributed by atoms with Crippen molar-refractivity contribution in [3.63, 3.8) is 0 Å². The molecule has 25 heavy (non-hydrogen) atoms. The molecule has 0 radical (unpaired) electrons. The van der Waals surface area contributed by atoms with Gasteiger partial charge in [-0.15, -0.1) is 0 Å². The molecule has 4 heteroatoms. The largest absolute Gasteiger partial charge is 0.396 e. The number of benzene rings is 2. The molecule has 4 nitrogen and oxygen atoms in total. The van der Waals surface area contributed by atoms with Crippen LogP contribution in [0.2, 0.25) is 0 Å². The van der Waals surface area contributed by atoms with Crippen molar-refractivity contribution in [1.82, 2.24) is 0 Å². The normalized spacial score (nSPS) is 13.3. The van der Waals surface area contributed by atoms with Gasteiger partial charge in [-0.2, -0.15) is 10.5 Å². The third kappa shape index (κ3) is 2.63. The second-order valence-electron chi connectivity index (χ2n) is 5.94. The van der Waals surface area contributed by atoms with Gasteiger partial charge < -0.3 is 5.11 Å². The summed E-state index contributed by atoms with van der Waals surface area (Å²) in [6.45, 7) is 1.98. The smallest absolute Gasteiger partial charge is 0.196 e. The first-order valence-electron chi connectivity index (χ1n) is 8.10. The molecule has 3 rings (SSSR count). The van der Waals surface area contributed by atoms with E-state index in [0.717, 1.165) is 23.1 Å². The minimum Gasteiger partial charge on any atom is -0.396 e. The van der Waals surface area contributed by atoms with Crippen molar-refractivity contribution in [2.45, 2.75) is 19.3 Å². The number of Topliss-reactive ketones (excluding diaryl/α,β-unsaturated/α-hetero) is 1. The molecule has 0 heterocycles. The van der Waals surface area contributed by atoms with Gasteiger partial charge in [-0.1, -0.05) is 43.3 Å². The van der Waals surface area contributed by atoms with Crippen molar-refractivity contribution >= 4 is 11.4 Å². The lowest BCUT2D eigenvalue weighted by atomic mass is 9.78. The molecule has 2 aromatic carbocycles. The van der Waals surface area contributed by atoms with E-state index >= 15 is 0 Å². The molecule has 1 aliphatic rings. The van der Waals surface area contributed by atoms with Crippen molar-refractivity contribution in [2.75, 3.05) is 6.61 Å². The SMILES string of the molecule is CCC(CO)c1ccc2c(c1)C(=O)C(=C(C#N)C#N)c1ccccc1-2. The first-order chi connectivity index (χ1) is 12.2. The Bertz CT molecular complexity index is 954. The molecule has 0 spiro atoms. The average molecular weight is 328 g/mol. The zero-order chi connectivity index (χ0) is 18.0. The van der Waals surface area contributed by atoms with Crippen LogP contribution in [-0.4, -0.2) is 17.5 Å². The summed E-state index contributed by atoms with van der Waals surface area (Å²) in [5.74, 6) is -0.365. The molecule has 2 aromatic rings. The predicted octanol–water partition coefficient (Wildman–Crippen LogP) is 3.84. The van der Waals surface area contributed by atoms with Gasteiger partial charge in [-0.3, -0.25) is 4.79 Å². The number of rotatable bonds is 3. The van der Waals surface area contributed by atoms with E-state index < -0.39 is 0 Å². The number of nitriles is 2. The molecule has 0 saturated carbocycles. The monoisotopic (exact) mass is 328 g/mol. The van der Waals surface area contributed by atoms with Crippen LogP contribution in [0.4, 0.5) is 0 Å². The summed E-state index contributed by atoms with van der Waals surface area (Å²) in [5.41, 5.74) is 3.56. The van der Waals surface area contributed by atoms with Gasteiger partial charge in [0.1, 0.15) is 17.7 Å². The Labute approximate surface area is 146 Å². The number of hydrogen-bond donors (Lipinski definition) is 1. The van der Waals surface area contributed by atoms with Crippen LogP contribution in [0.3, 0.4) is 0 Å². The van der Waals surface area contributed by atoms with Crippen molar-refractivity contribution in [3.05, 3.63) is 64.7 Å². The minimum atomic E-state index is -0.318. The van der Waals surface area contributed by atoms with E-state index in [4.69, 9.17) is 0 Å². The van der Waals surface area contributed by atoms with E-state index in [2.05, 4.69) is 0 Å². The number of ketones is 1. The lowest BCUT2D eigenvalue weighted by Gasteiger charge is -2.23. The fraction of sp³-hybridized carbons (Fsp3) is 0.190. The molecule has 0 aromatic heterocycles. The number of nitrogens with zero attached hydrogens (tertiary/aromatic N) is 2. The highest BCUT2D eigenvalue weighted by atomic mass is 16.3. The van der Waals surface area contributed by atoms with E-state index in [-0.39, 0.29) is 29.5 Å². The molecule has 0 amide bonds. The number of hydrogen-bond acceptors (Lipinski definition) is 4. The van der Waals surface area contributed by atoms with Gasteiger partial charge in [0, 0.05) is 18.1 Å². The number of carbonyl (C=O) groups excluding carboxylic acids is 1. The molecule has 0 saturated heterocycles. The van der Waals surface area contributed by atoms with Crippen LogP contribution in [0.25, 0.3) is 16.7 Å². The van der Waals surface area contributed by atoms with Gasteiger partial charge in [0.15, 0.2) is 5.78 Å². The van der Waals surface area contributed by atoms with E-state index in [0.29, 0.717) is 11.1 Å². The van der Waals surface area contributed by atoms with Crippen LogP contribution >= 0.6 is 0 Å². The van der Waals surface area contributed by atoms with E-state index in [1.165, 1.54) is 0 Å². The Morgan fingerprint density at radius 1 is 1.04 bits per heavy atom. The van der Waals surface area contributed by atoms with Gasteiger partial charge in [0.2, 0.25) is 0 Å². The van der Waals surface area contributed by atoms with E-state index in [1.54, 1.807) is 18.2 Å². The summed E-state index contributed by atoms with van der Waals surface area (Å²) in [5, 5.41) is 28.1.